The molecule has 0 aromatic heterocycles. The highest BCUT2D eigenvalue weighted by molar-refractivity contribution is 7.89. The third kappa shape index (κ3) is 5.58. The maximum Gasteiger partial charge on any atom is 0.304 e. The molecule has 38 heavy (non-hydrogen) atoms. The van der Waals surface area contributed by atoms with Gasteiger partial charge in [-0.15, -0.1) is 0 Å². The first-order chi connectivity index (χ1) is 18.0. The van der Waals surface area contributed by atoms with Gasteiger partial charge in [-0.1, -0.05) is 43.3 Å². The van der Waals surface area contributed by atoms with E-state index in [2.05, 4.69) is 0 Å². The molecule has 4 rings (SSSR count). The number of hydrogen-bond donors (Lipinski definition) is 2. The van der Waals surface area contributed by atoms with Crippen molar-refractivity contribution in [2.24, 2.45) is 5.73 Å². The molecule has 3 aromatic rings. The molecule has 0 saturated heterocycles. The van der Waals surface area contributed by atoms with Gasteiger partial charge >= 0.3 is 5.97 Å². The Labute approximate surface area is 223 Å². The number of ether oxygens (including phenoxy) is 1. The van der Waals surface area contributed by atoms with Gasteiger partial charge in [-0.05, 0) is 72.4 Å². The van der Waals surface area contributed by atoms with Crippen molar-refractivity contribution in [1.29, 1.82) is 0 Å². The molecule has 3 N–H and O–H groups in total. The number of rotatable bonds is 8. The van der Waals surface area contributed by atoms with Crippen LogP contribution in [0.1, 0.15) is 63.9 Å². The zero-order chi connectivity index (χ0) is 27.6. The van der Waals surface area contributed by atoms with Crippen molar-refractivity contribution < 1.29 is 27.9 Å². The zero-order valence-corrected chi connectivity index (χ0v) is 22.5. The van der Waals surface area contributed by atoms with E-state index in [-0.39, 0.29) is 30.5 Å². The van der Waals surface area contributed by atoms with E-state index in [4.69, 9.17) is 10.5 Å². The number of carbonyl (C=O) groups is 2. The van der Waals surface area contributed by atoms with Crippen molar-refractivity contribution in [3.05, 3.63) is 94.0 Å². The molecule has 2 atom stereocenters. The predicted octanol–water partition coefficient (Wildman–Crippen LogP) is 4.37. The fraction of sp³-hybridized carbons (Fsp3) is 0.310. The number of aliphatic carboxylic acids is 1. The van der Waals surface area contributed by atoms with Crippen LogP contribution in [0.3, 0.4) is 0 Å². The minimum Gasteiger partial charge on any atom is -0.488 e. The summed E-state index contributed by atoms with van der Waals surface area (Å²) >= 11 is 0. The standard InChI is InChI=1S/C29H32N2O6S/c1-4-23-17-31(38(35,36)27-8-6-5-7-26(27)37-23)16-22-14-20(10-9-18(22)2)25(15-28(32)33)24-12-11-21(29(30)34)13-19(24)3/h5-14,23,25H,4,15-17H2,1-3H3,(H2,30,34)(H,32,33)/t23-,25?/m1/s1. The van der Waals surface area contributed by atoms with Crippen LogP contribution in [0.4, 0.5) is 0 Å². The fourth-order valence-corrected chi connectivity index (χ4v) is 6.44. The van der Waals surface area contributed by atoms with Gasteiger partial charge in [-0.2, -0.15) is 4.31 Å². The molecule has 3 aromatic carbocycles. The van der Waals surface area contributed by atoms with E-state index in [1.165, 1.54) is 4.31 Å². The summed E-state index contributed by atoms with van der Waals surface area (Å²) in [6, 6.07) is 17.3. The number of para-hydroxylation sites is 1. The number of hydrogen-bond acceptors (Lipinski definition) is 5. The molecule has 0 saturated carbocycles. The van der Waals surface area contributed by atoms with Crippen LogP contribution in [0.2, 0.25) is 0 Å². The van der Waals surface area contributed by atoms with Crippen molar-refractivity contribution in [2.45, 2.75) is 57.1 Å². The normalized spacial score (nSPS) is 17.6. The van der Waals surface area contributed by atoms with Gasteiger partial charge in [-0.25, -0.2) is 8.42 Å². The van der Waals surface area contributed by atoms with Crippen molar-refractivity contribution in [3.63, 3.8) is 0 Å². The maximum absolute atomic E-state index is 13.6. The lowest BCUT2D eigenvalue weighted by molar-refractivity contribution is -0.137. The van der Waals surface area contributed by atoms with Gasteiger partial charge in [0.15, 0.2) is 0 Å². The Bertz CT molecular complexity index is 1480. The molecule has 1 unspecified atom stereocenters. The average Bonchev–Trinajstić information content (AvgIpc) is 2.97. The highest BCUT2D eigenvalue weighted by atomic mass is 32.2. The minimum absolute atomic E-state index is 0.121. The molecular weight excluding hydrogens is 504 g/mol. The number of aryl methyl sites for hydroxylation is 2. The summed E-state index contributed by atoms with van der Waals surface area (Å²) in [5.41, 5.74) is 9.71. The third-order valence-electron chi connectivity index (χ3n) is 7.05. The Hall–Kier alpha value is -3.69. The number of carbonyl (C=O) groups excluding carboxylic acids is 1. The second-order valence-corrected chi connectivity index (χ2v) is 11.6. The first-order valence-corrected chi connectivity index (χ1v) is 13.9. The topological polar surface area (TPSA) is 127 Å². The Morgan fingerprint density at radius 2 is 1.82 bits per heavy atom. The summed E-state index contributed by atoms with van der Waals surface area (Å²) < 4.78 is 34.8. The Kier molecular flexibility index (Phi) is 7.89. The lowest BCUT2D eigenvalue weighted by Crippen LogP contribution is -2.36. The van der Waals surface area contributed by atoms with Gasteiger partial charge < -0.3 is 15.6 Å². The number of benzene rings is 3. The molecule has 1 heterocycles. The molecule has 9 heteroatoms. The Morgan fingerprint density at radius 3 is 2.47 bits per heavy atom. The molecule has 0 fully saturated rings. The molecular formula is C29H32N2O6S. The van der Waals surface area contributed by atoms with Crippen LogP contribution in [0.25, 0.3) is 0 Å². The number of nitrogens with two attached hydrogens (primary N) is 1. The summed E-state index contributed by atoms with van der Waals surface area (Å²) in [5.74, 6) is -1.67. The van der Waals surface area contributed by atoms with Gasteiger partial charge in [0.1, 0.15) is 16.7 Å². The summed E-state index contributed by atoms with van der Waals surface area (Å²) in [4.78, 5) is 23.6. The van der Waals surface area contributed by atoms with Gasteiger partial charge in [0.2, 0.25) is 15.9 Å². The molecule has 0 bridgehead atoms. The van der Waals surface area contributed by atoms with E-state index in [1.807, 2.05) is 39.0 Å². The first kappa shape index (κ1) is 27.3. The number of fused-ring (bicyclic) bond motifs is 1. The van der Waals surface area contributed by atoms with Crippen LogP contribution in [-0.2, 0) is 21.4 Å². The Morgan fingerprint density at radius 1 is 1.08 bits per heavy atom. The molecule has 1 amide bonds. The van der Waals surface area contributed by atoms with Crippen LogP contribution in [0, 0.1) is 13.8 Å². The molecule has 1 aliphatic rings. The van der Waals surface area contributed by atoms with E-state index < -0.39 is 27.8 Å². The second kappa shape index (κ2) is 11.0. The van der Waals surface area contributed by atoms with Crippen molar-refractivity contribution in [2.75, 3.05) is 6.54 Å². The molecule has 0 spiro atoms. The molecule has 0 aliphatic carbocycles. The van der Waals surface area contributed by atoms with E-state index in [1.54, 1.807) is 42.5 Å². The monoisotopic (exact) mass is 536 g/mol. The molecule has 1 aliphatic heterocycles. The molecule has 0 radical (unpaired) electrons. The number of carboxylic acid groups (broad SMARTS) is 1. The summed E-state index contributed by atoms with van der Waals surface area (Å²) in [7, 11) is -3.83. The van der Waals surface area contributed by atoms with Crippen LogP contribution >= 0.6 is 0 Å². The number of carboxylic acids is 1. The molecule has 200 valence electrons. The quantitative estimate of drug-likeness (QED) is 0.440. The Balaban J connectivity index is 1.75. The number of nitrogens with zero attached hydrogens (tertiary/aromatic N) is 1. The summed E-state index contributed by atoms with van der Waals surface area (Å²) in [5, 5.41) is 9.70. The van der Waals surface area contributed by atoms with Gasteiger partial charge in [-0.3, -0.25) is 9.59 Å². The third-order valence-corrected chi connectivity index (χ3v) is 8.91. The minimum atomic E-state index is -3.83. The summed E-state index contributed by atoms with van der Waals surface area (Å²) in [6.07, 6.45) is 0.171. The molecule has 8 nitrogen and oxygen atoms in total. The van der Waals surface area contributed by atoms with Crippen LogP contribution in [0.15, 0.2) is 65.6 Å². The lowest BCUT2D eigenvalue weighted by atomic mass is 9.84. The first-order valence-electron chi connectivity index (χ1n) is 12.5. The number of sulfonamides is 1. The van der Waals surface area contributed by atoms with Gasteiger partial charge in [0.25, 0.3) is 0 Å². The van der Waals surface area contributed by atoms with E-state index in [0.29, 0.717) is 17.7 Å². The fourth-order valence-electron chi connectivity index (χ4n) is 4.87. The van der Waals surface area contributed by atoms with Crippen LogP contribution in [-0.4, -0.2) is 42.4 Å². The number of primary amides is 1. The van der Waals surface area contributed by atoms with E-state index in [0.717, 1.165) is 27.8 Å². The van der Waals surface area contributed by atoms with Crippen molar-refractivity contribution >= 4 is 21.9 Å². The lowest BCUT2D eigenvalue weighted by Gasteiger charge is -2.25. The maximum atomic E-state index is 13.6. The number of amides is 1. The van der Waals surface area contributed by atoms with Gasteiger partial charge in [0, 0.05) is 18.0 Å². The smallest absolute Gasteiger partial charge is 0.304 e. The summed E-state index contributed by atoms with van der Waals surface area (Å²) in [6.45, 7) is 6.00. The van der Waals surface area contributed by atoms with Crippen LogP contribution in [0.5, 0.6) is 5.75 Å². The van der Waals surface area contributed by atoms with Crippen LogP contribution < -0.4 is 10.5 Å². The van der Waals surface area contributed by atoms with Crippen molar-refractivity contribution in [1.82, 2.24) is 4.31 Å². The van der Waals surface area contributed by atoms with Crippen molar-refractivity contribution in [3.8, 4) is 5.75 Å². The highest BCUT2D eigenvalue weighted by Crippen LogP contribution is 2.35. The SMILES string of the molecule is CC[C@@H]1CN(Cc2cc(C(CC(=O)O)c3ccc(C(N)=O)cc3C)ccc2C)S(=O)(=O)c2ccccc2O1. The second-order valence-electron chi connectivity index (χ2n) is 9.66. The van der Waals surface area contributed by atoms with Gasteiger partial charge in [0.05, 0.1) is 13.0 Å². The predicted molar refractivity (Wildman–Crippen MR) is 144 cm³/mol. The van der Waals surface area contributed by atoms with E-state index >= 15 is 0 Å². The highest BCUT2D eigenvalue weighted by Gasteiger charge is 2.34. The largest absolute Gasteiger partial charge is 0.488 e. The van der Waals surface area contributed by atoms with E-state index in [9.17, 15) is 23.1 Å². The zero-order valence-electron chi connectivity index (χ0n) is 21.7. The average molecular weight is 537 g/mol.